The van der Waals surface area contributed by atoms with Gasteiger partial charge in [-0.15, -0.1) is 0 Å². The van der Waals surface area contributed by atoms with Crippen LogP contribution >= 0.6 is 0 Å². The van der Waals surface area contributed by atoms with Crippen molar-refractivity contribution in [2.45, 2.75) is 17.6 Å². The largest absolute Gasteiger partial charge is 0.496 e. The second kappa shape index (κ2) is 6.63. The van der Waals surface area contributed by atoms with Gasteiger partial charge in [0.1, 0.15) is 11.5 Å². The van der Waals surface area contributed by atoms with Crippen molar-refractivity contribution in [3.05, 3.63) is 47.5 Å². The number of hydrogen-bond donors (Lipinski definition) is 1. The highest BCUT2D eigenvalue weighted by Gasteiger charge is 2.14. The van der Waals surface area contributed by atoms with Crippen molar-refractivity contribution in [3.63, 3.8) is 0 Å². The molecule has 0 saturated heterocycles. The minimum absolute atomic E-state index is 0.366. The fourth-order valence-electron chi connectivity index (χ4n) is 2.11. The van der Waals surface area contributed by atoms with Crippen molar-refractivity contribution in [1.82, 2.24) is 0 Å². The summed E-state index contributed by atoms with van der Waals surface area (Å²) >= 11 is 0. The molecule has 0 bridgehead atoms. The molecule has 0 amide bonds. The molecule has 2 aromatic carbocycles. The third-order valence-electron chi connectivity index (χ3n) is 3.16. The number of benzene rings is 2. The zero-order chi connectivity index (χ0) is 15.4. The maximum Gasteiger partial charge on any atom is 0.137 e. The van der Waals surface area contributed by atoms with E-state index in [2.05, 4.69) is 0 Å². The van der Waals surface area contributed by atoms with E-state index < -0.39 is 10.8 Å². The highest BCUT2D eigenvalue weighted by molar-refractivity contribution is 7.84. The second-order valence-corrected chi connectivity index (χ2v) is 6.14. The molecule has 1 atom stereocenters. The maximum absolute atomic E-state index is 12.6. The Bertz CT molecular complexity index is 671. The van der Waals surface area contributed by atoms with Gasteiger partial charge in [-0.2, -0.15) is 0 Å². The summed E-state index contributed by atoms with van der Waals surface area (Å²) in [6.45, 7) is 2.00. The van der Waals surface area contributed by atoms with E-state index in [1.807, 2.05) is 25.1 Å². The predicted octanol–water partition coefficient (Wildman–Crippen LogP) is 2.90. The number of nitrogens with two attached hydrogens (primary N) is 1. The topological polar surface area (TPSA) is 61.5 Å². The van der Waals surface area contributed by atoms with Crippen LogP contribution in [0.15, 0.2) is 41.3 Å². The van der Waals surface area contributed by atoms with Crippen LogP contribution in [0.2, 0.25) is 0 Å². The Balaban J connectivity index is 2.32. The molecular weight excluding hydrogens is 286 g/mol. The van der Waals surface area contributed by atoms with Gasteiger partial charge in [0, 0.05) is 17.3 Å². The maximum atomic E-state index is 12.6. The summed E-state index contributed by atoms with van der Waals surface area (Å²) in [4.78, 5) is 0.634. The molecule has 2 rings (SSSR count). The van der Waals surface area contributed by atoms with Gasteiger partial charge in [-0.1, -0.05) is 17.7 Å². The monoisotopic (exact) mass is 305 g/mol. The average molecular weight is 305 g/mol. The van der Waals surface area contributed by atoms with E-state index in [9.17, 15) is 4.21 Å². The van der Waals surface area contributed by atoms with Gasteiger partial charge in [0.2, 0.25) is 0 Å². The Kier molecular flexibility index (Phi) is 4.85. The van der Waals surface area contributed by atoms with Crippen molar-refractivity contribution in [1.29, 1.82) is 0 Å². The lowest BCUT2D eigenvalue weighted by Crippen LogP contribution is -2.02. The summed E-state index contributed by atoms with van der Waals surface area (Å²) in [6, 6.07) is 11.0. The van der Waals surface area contributed by atoms with Gasteiger partial charge in [-0.3, -0.25) is 4.21 Å². The molecule has 0 heterocycles. The standard InChI is InChI=1S/C16H19NO3S/c1-11-4-6-14(19-2)12(8-11)10-21(18)16-7-5-13(17)9-15(16)20-3/h4-9H,10,17H2,1-3H3. The van der Waals surface area contributed by atoms with Crippen LogP contribution in [0.25, 0.3) is 0 Å². The van der Waals surface area contributed by atoms with Crippen molar-refractivity contribution >= 4 is 16.5 Å². The summed E-state index contributed by atoms with van der Waals surface area (Å²) in [5, 5.41) is 0. The van der Waals surface area contributed by atoms with Crippen LogP contribution in [0.3, 0.4) is 0 Å². The molecule has 112 valence electrons. The molecule has 0 aliphatic rings. The summed E-state index contributed by atoms with van der Waals surface area (Å²) in [5.41, 5.74) is 8.32. The fourth-order valence-corrected chi connectivity index (χ4v) is 3.36. The van der Waals surface area contributed by atoms with Gasteiger partial charge in [0.05, 0.1) is 35.7 Å². The molecule has 4 nitrogen and oxygen atoms in total. The zero-order valence-electron chi connectivity index (χ0n) is 12.4. The molecule has 0 aliphatic carbocycles. The number of rotatable bonds is 5. The normalized spacial score (nSPS) is 12.0. The molecule has 0 spiro atoms. The lowest BCUT2D eigenvalue weighted by Gasteiger charge is -2.12. The van der Waals surface area contributed by atoms with Crippen molar-refractivity contribution < 1.29 is 13.7 Å². The molecular formula is C16H19NO3S. The number of anilines is 1. The minimum Gasteiger partial charge on any atom is -0.496 e. The Hall–Kier alpha value is -2.01. The highest BCUT2D eigenvalue weighted by atomic mass is 32.2. The summed E-state index contributed by atoms with van der Waals surface area (Å²) < 4.78 is 23.2. The van der Waals surface area contributed by atoms with E-state index in [4.69, 9.17) is 15.2 Å². The fraction of sp³-hybridized carbons (Fsp3) is 0.250. The van der Waals surface area contributed by atoms with E-state index in [0.717, 1.165) is 16.9 Å². The van der Waals surface area contributed by atoms with Crippen molar-refractivity contribution in [3.8, 4) is 11.5 Å². The summed E-state index contributed by atoms with van der Waals surface area (Å²) in [5.74, 6) is 1.65. The van der Waals surface area contributed by atoms with Crippen molar-refractivity contribution in [2.75, 3.05) is 20.0 Å². The molecule has 0 aliphatic heterocycles. The molecule has 21 heavy (non-hydrogen) atoms. The number of nitrogen functional groups attached to an aromatic ring is 1. The molecule has 0 saturated carbocycles. The van der Waals surface area contributed by atoms with Crippen LogP contribution in [0.4, 0.5) is 5.69 Å². The van der Waals surface area contributed by atoms with Gasteiger partial charge in [0.25, 0.3) is 0 Å². The average Bonchev–Trinajstić information content (AvgIpc) is 2.47. The van der Waals surface area contributed by atoms with E-state index in [1.165, 1.54) is 0 Å². The first-order chi connectivity index (χ1) is 10.0. The van der Waals surface area contributed by atoms with Gasteiger partial charge in [-0.05, 0) is 25.1 Å². The van der Waals surface area contributed by atoms with E-state index in [-0.39, 0.29) is 0 Å². The zero-order valence-corrected chi connectivity index (χ0v) is 13.2. The molecule has 0 aromatic heterocycles. The minimum atomic E-state index is -1.23. The third-order valence-corrected chi connectivity index (χ3v) is 4.56. The number of hydrogen-bond acceptors (Lipinski definition) is 4. The number of aryl methyl sites for hydroxylation is 1. The van der Waals surface area contributed by atoms with Crippen LogP contribution in [0.5, 0.6) is 11.5 Å². The molecule has 1 unspecified atom stereocenters. The Morgan fingerprint density at radius 2 is 1.76 bits per heavy atom. The van der Waals surface area contributed by atoms with Crippen LogP contribution in [-0.2, 0) is 16.6 Å². The number of methoxy groups -OCH3 is 2. The van der Waals surface area contributed by atoms with Crippen LogP contribution in [0.1, 0.15) is 11.1 Å². The number of ether oxygens (including phenoxy) is 2. The molecule has 0 radical (unpaired) electrons. The van der Waals surface area contributed by atoms with Crippen molar-refractivity contribution in [2.24, 2.45) is 0 Å². The Labute approximate surface area is 127 Å². The lowest BCUT2D eigenvalue weighted by atomic mass is 10.1. The SMILES string of the molecule is COc1ccc(C)cc1CS(=O)c1ccc(N)cc1OC. The molecule has 2 aromatic rings. The molecule has 2 N–H and O–H groups in total. The molecule has 5 heteroatoms. The lowest BCUT2D eigenvalue weighted by molar-refractivity contribution is 0.404. The van der Waals surface area contributed by atoms with Gasteiger partial charge < -0.3 is 15.2 Å². The van der Waals surface area contributed by atoms with Gasteiger partial charge in [-0.25, -0.2) is 0 Å². The second-order valence-electron chi connectivity index (χ2n) is 4.72. The van der Waals surface area contributed by atoms with E-state index in [1.54, 1.807) is 32.4 Å². The first kappa shape index (κ1) is 15.4. The van der Waals surface area contributed by atoms with E-state index in [0.29, 0.717) is 22.1 Å². The third kappa shape index (κ3) is 3.55. The Morgan fingerprint density at radius 1 is 1.05 bits per heavy atom. The Morgan fingerprint density at radius 3 is 2.43 bits per heavy atom. The summed E-state index contributed by atoms with van der Waals surface area (Å²) in [6.07, 6.45) is 0. The van der Waals surface area contributed by atoms with Crippen LogP contribution in [-0.4, -0.2) is 18.4 Å². The summed E-state index contributed by atoms with van der Waals surface area (Å²) in [7, 11) is 1.92. The predicted molar refractivity (Wildman–Crippen MR) is 85.2 cm³/mol. The quantitative estimate of drug-likeness (QED) is 0.863. The van der Waals surface area contributed by atoms with E-state index >= 15 is 0 Å². The van der Waals surface area contributed by atoms with Crippen LogP contribution in [0, 0.1) is 6.92 Å². The smallest absolute Gasteiger partial charge is 0.137 e. The first-order valence-corrected chi connectivity index (χ1v) is 7.82. The van der Waals surface area contributed by atoms with Gasteiger partial charge >= 0.3 is 0 Å². The van der Waals surface area contributed by atoms with Crippen LogP contribution < -0.4 is 15.2 Å². The molecule has 0 fully saturated rings. The highest BCUT2D eigenvalue weighted by Crippen LogP contribution is 2.28. The van der Waals surface area contributed by atoms with Gasteiger partial charge in [0.15, 0.2) is 0 Å². The first-order valence-electron chi connectivity index (χ1n) is 6.50.